The lowest BCUT2D eigenvalue weighted by atomic mass is 9.95. The van der Waals surface area contributed by atoms with Gasteiger partial charge in [0.25, 0.3) is 10.0 Å². The summed E-state index contributed by atoms with van der Waals surface area (Å²) >= 11 is 0. The molecule has 0 spiro atoms. The molecule has 5 heteroatoms. The Hall–Kier alpha value is -3.05. The summed E-state index contributed by atoms with van der Waals surface area (Å²) in [5.41, 5.74) is 1.25. The van der Waals surface area contributed by atoms with Crippen LogP contribution >= 0.6 is 0 Å². The van der Waals surface area contributed by atoms with Gasteiger partial charge in [-0.3, -0.25) is 4.79 Å². The van der Waals surface area contributed by atoms with E-state index in [1.807, 2.05) is 24.3 Å². The summed E-state index contributed by atoms with van der Waals surface area (Å²) in [6, 6.07) is 19.3. The number of sulfonamides is 1. The summed E-state index contributed by atoms with van der Waals surface area (Å²) in [6.45, 7) is 0. The lowest BCUT2D eigenvalue weighted by Crippen LogP contribution is -2.14. The van der Waals surface area contributed by atoms with E-state index in [-0.39, 0.29) is 16.4 Å². The Morgan fingerprint density at radius 1 is 0.720 bits per heavy atom. The zero-order chi connectivity index (χ0) is 17.4. The number of nitrogens with zero attached hydrogens (tertiary/aromatic N) is 1. The Bertz CT molecular complexity index is 1170. The molecular weight excluding hydrogens is 334 g/mol. The van der Waals surface area contributed by atoms with Crippen LogP contribution in [-0.2, 0) is 10.0 Å². The number of fused-ring (bicyclic) bond motifs is 2. The summed E-state index contributed by atoms with van der Waals surface area (Å²) in [6.07, 6.45) is 2.79. The van der Waals surface area contributed by atoms with Crippen molar-refractivity contribution in [2.24, 2.45) is 4.40 Å². The number of benzene rings is 3. The first-order valence-corrected chi connectivity index (χ1v) is 9.14. The zero-order valence-electron chi connectivity index (χ0n) is 13.1. The molecule has 0 atom stereocenters. The lowest BCUT2D eigenvalue weighted by Gasteiger charge is -2.11. The van der Waals surface area contributed by atoms with Crippen molar-refractivity contribution in [3.63, 3.8) is 0 Å². The first-order valence-electron chi connectivity index (χ1n) is 7.70. The SMILES string of the molecule is O=C1C=C/C(=N\S(=O)(=O)c2ccc3ccccc3c2)c2ccccc21. The molecule has 0 radical (unpaired) electrons. The second-order valence-electron chi connectivity index (χ2n) is 5.70. The van der Waals surface area contributed by atoms with E-state index in [0.717, 1.165) is 10.8 Å². The van der Waals surface area contributed by atoms with E-state index in [4.69, 9.17) is 0 Å². The van der Waals surface area contributed by atoms with Gasteiger partial charge >= 0.3 is 0 Å². The summed E-state index contributed by atoms with van der Waals surface area (Å²) < 4.78 is 29.4. The fourth-order valence-corrected chi connectivity index (χ4v) is 3.88. The molecule has 0 aliphatic heterocycles. The number of carbonyl (C=O) groups excluding carboxylic acids is 1. The summed E-state index contributed by atoms with van der Waals surface area (Å²) in [7, 11) is -3.89. The molecule has 4 nitrogen and oxygen atoms in total. The molecule has 0 saturated heterocycles. The van der Waals surface area contributed by atoms with Crippen molar-refractivity contribution in [3.8, 4) is 0 Å². The number of rotatable bonds is 2. The van der Waals surface area contributed by atoms with Gasteiger partial charge in [0.2, 0.25) is 0 Å². The molecule has 1 aliphatic rings. The van der Waals surface area contributed by atoms with Crippen molar-refractivity contribution in [3.05, 3.63) is 90.0 Å². The molecule has 4 rings (SSSR count). The Kier molecular flexibility index (Phi) is 3.58. The van der Waals surface area contributed by atoms with E-state index >= 15 is 0 Å². The largest absolute Gasteiger partial charge is 0.289 e. The number of carbonyl (C=O) groups is 1. The van der Waals surface area contributed by atoms with Crippen LogP contribution < -0.4 is 0 Å². The smallest absolute Gasteiger partial charge is 0.282 e. The molecular formula is C20H13NO3S. The van der Waals surface area contributed by atoms with Crippen molar-refractivity contribution in [2.75, 3.05) is 0 Å². The Morgan fingerprint density at radius 2 is 1.40 bits per heavy atom. The van der Waals surface area contributed by atoms with Crippen LogP contribution in [0, 0.1) is 0 Å². The van der Waals surface area contributed by atoms with Gasteiger partial charge in [-0.25, -0.2) is 0 Å². The quantitative estimate of drug-likeness (QED) is 0.709. The average molecular weight is 347 g/mol. The Morgan fingerprint density at radius 3 is 2.20 bits per heavy atom. The van der Waals surface area contributed by atoms with Crippen LogP contribution in [0.1, 0.15) is 15.9 Å². The van der Waals surface area contributed by atoms with E-state index in [1.165, 1.54) is 12.2 Å². The first kappa shape index (κ1) is 15.5. The van der Waals surface area contributed by atoms with E-state index in [1.54, 1.807) is 42.5 Å². The second kappa shape index (κ2) is 5.79. The van der Waals surface area contributed by atoms with Crippen molar-refractivity contribution in [2.45, 2.75) is 4.90 Å². The molecule has 0 saturated carbocycles. The standard InChI is InChI=1S/C20H13NO3S/c22-20-12-11-19(17-7-3-4-8-18(17)20)21-25(23,24)16-10-9-14-5-1-2-6-15(14)13-16/h1-13H/b21-19+. The maximum absolute atomic E-state index is 12.7. The lowest BCUT2D eigenvalue weighted by molar-refractivity contribution is 0.104. The van der Waals surface area contributed by atoms with Gasteiger partial charge in [-0.05, 0) is 35.1 Å². The molecule has 3 aromatic carbocycles. The van der Waals surface area contributed by atoms with Gasteiger partial charge < -0.3 is 0 Å². The number of hydrogen-bond donors (Lipinski definition) is 0. The van der Waals surface area contributed by atoms with Gasteiger partial charge in [-0.2, -0.15) is 12.8 Å². The Balaban J connectivity index is 1.84. The zero-order valence-corrected chi connectivity index (χ0v) is 13.9. The van der Waals surface area contributed by atoms with Gasteiger partial charge in [0.1, 0.15) is 0 Å². The molecule has 0 fully saturated rings. The molecule has 1 aliphatic carbocycles. The van der Waals surface area contributed by atoms with Crippen molar-refractivity contribution in [1.82, 2.24) is 0 Å². The van der Waals surface area contributed by atoms with Gasteiger partial charge in [0, 0.05) is 11.1 Å². The van der Waals surface area contributed by atoms with E-state index in [9.17, 15) is 13.2 Å². The van der Waals surface area contributed by atoms with E-state index < -0.39 is 10.0 Å². The molecule has 0 bridgehead atoms. The molecule has 0 aromatic heterocycles. The van der Waals surface area contributed by atoms with Crippen LogP contribution in [0.2, 0.25) is 0 Å². The highest BCUT2D eigenvalue weighted by Gasteiger charge is 2.20. The monoisotopic (exact) mass is 347 g/mol. The van der Waals surface area contributed by atoms with Crippen LogP contribution in [0.15, 0.2) is 88.2 Å². The predicted molar refractivity (Wildman–Crippen MR) is 97.6 cm³/mol. The number of hydrogen-bond acceptors (Lipinski definition) is 3. The van der Waals surface area contributed by atoms with E-state index in [0.29, 0.717) is 11.1 Å². The molecule has 0 amide bonds. The summed E-state index contributed by atoms with van der Waals surface area (Å²) in [5, 5.41) is 1.79. The second-order valence-corrected chi connectivity index (χ2v) is 7.31. The first-order chi connectivity index (χ1) is 12.0. The molecule has 0 unspecified atom stereocenters. The summed E-state index contributed by atoms with van der Waals surface area (Å²) in [4.78, 5) is 12.0. The van der Waals surface area contributed by atoms with Crippen molar-refractivity contribution >= 4 is 32.3 Å². The van der Waals surface area contributed by atoms with Crippen molar-refractivity contribution in [1.29, 1.82) is 0 Å². The molecule has 25 heavy (non-hydrogen) atoms. The average Bonchev–Trinajstić information content (AvgIpc) is 2.64. The Labute approximate surface area is 145 Å². The summed E-state index contributed by atoms with van der Waals surface area (Å²) in [5.74, 6) is -0.155. The van der Waals surface area contributed by atoms with Crippen LogP contribution in [0.4, 0.5) is 0 Å². The molecule has 122 valence electrons. The minimum Gasteiger partial charge on any atom is -0.289 e. The van der Waals surface area contributed by atoms with Gasteiger partial charge in [0.05, 0.1) is 10.6 Å². The molecule has 0 heterocycles. The number of allylic oxidation sites excluding steroid dienone is 2. The minimum absolute atomic E-state index is 0.126. The van der Waals surface area contributed by atoms with Crippen LogP contribution in [0.3, 0.4) is 0 Å². The normalized spacial score (nSPS) is 15.5. The fraction of sp³-hybridized carbons (Fsp3) is 0. The van der Waals surface area contributed by atoms with Crippen LogP contribution in [-0.4, -0.2) is 19.9 Å². The fourth-order valence-electron chi connectivity index (χ4n) is 2.85. The van der Waals surface area contributed by atoms with Gasteiger partial charge in [-0.1, -0.05) is 54.6 Å². The highest BCUT2D eigenvalue weighted by molar-refractivity contribution is 7.90. The van der Waals surface area contributed by atoms with Gasteiger partial charge in [0.15, 0.2) is 5.78 Å². The maximum atomic E-state index is 12.7. The van der Waals surface area contributed by atoms with Gasteiger partial charge in [-0.15, -0.1) is 0 Å². The number of ketones is 1. The molecule has 0 N–H and O–H groups in total. The van der Waals surface area contributed by atoms with Crippen molar-refractivity contribution < 1.29 is 13.2 Å². The third-order valence-corrected chi connectivity index (χ3v) is 5.39. The highest BCUT2D eigenvalue weighted by atomic mass is 32.2. The predicted octanol–water partition coefficient (Wildman–Crippen LogP) is 3.77. The third kappa shape index (κ3) is 2.79. The maximum Gasteiger partial charge on any atom is 0.282 e. The van der Waals surface area contributed by atoms with Crippen LogP contribution in [0.5, 0.6) is 0 Å². The van der Waals surface area contributed by atoms with Crippen LogP contribution in [0.25, 0.3) is 10.8 Å². The molecule has 3 aromatic rings. The topological polar surface area (TPSA) is 63.6 Å². The van der Waals surface area contributed by atoms with E-state index in [2.05, 4.69) is 4.40 Å². The minimum atomic E-state index is -3.89. The third-order valence-electron chi connectivity index (χ3n) is 4.10. The highest BCUT2D eigenvalue weighted by Crippen LogP contribution is 2.23.